The molecule has 0 N–H and O–H groups in total. The van der Waals surface area contributed by atoms with E-state index in [1.807, 2.05) is 0 Å². The summed E-state index contributed by atoms with van der Waals surface area (Å²) in [6.07, 6.45) is 0.749. The predicted octanol–water partition coefficient (Wildman–Crippen LogP) is 1.93. The van der Waals surface area contributed by atoms with Crippen LogP contribution >= 0.6 is 0 Å². The Morgan fingerprint density at radius 1 is 1.44 bits per heavy atom. The van der Waals surface area contributed by atoms with Crippen molar-refractivity contribution in [2.24, 2.45) is 5.92 Å². The van der Waals surface area contributed by atoms with Crippen LogP contribution in [0.4, 0.5) is 0 Å². The van der Waals surface area contributed by atoms with Crippen LogP contribution in [0, 0.1) is 5.92 Å². The predicted molar refractivity (Wildman–Crippen MR) is 57.9 cm³/mol. The van der Waals surface area contributed by atoms with Crippen LogP contribution < -0.4 is 0 Å². The third kappa shape index (κ3) is 3.32. The van der Waals surface area contributed by atoms with Gasteiger partial charge < -0.3 is 9.26 Å². The Morgan fingerprint density at radius 3 is 2.69 bits per heavy atom. The molecule has 1 unspecified atom stereocenters. The van der Waals surface area contributed by atoms with Gasteiger partial charge >= 0.3 is 5.97 Å². The fourth-order valence-corrected chi connectivity index (χ4v) is 1.26. The molecule has 0 aliphatic carbocycles. The van der Waals surface area contributed by atoms with Crippen molar-refractivity contribution in [1.29, 1.82) is 0 Å². The van der Waals surface area contributed by atoms with Gasteiger partial charge in [-0.05, 0) is 19.8 Å². The van der Waals surface area contributed by atoms with Crippen LogP contribution in [0.25, 0.3) is 0 Å². The molecule has 16 heavy (non-hydrogen) atoms. The van der Waals surface area contributed by atoms with Gasteiger partial charge in [0.15, 0.2) is 5.82 Å². The molecule has 0 radical (unpaired) electrons. The van der Waals surface area contributed by atoms with E-state index in [4.69, 9.17) is 9.26 Å². The van der Waals surface area contributed by atoms with Crippen LogP contribution in [0.1, 0.15) is 45.3 Å². The van der Waals surface area contributed by atoms with Crippen LogP contribution in [0.3, 0.4) is 0 Å². The number of hydrogen-bond acceptors (Lipinski definition) is 5. The van der Waals surface area contributed by atoms with E-state index in [1.54, 1.807) is 13.8 Å². The first-order valence-corrected chi connectivity index (χ1v) is 5.53. The van der Waals surface area contributed by atoms with Crippen molar-refractivity contribution in [3.05, 3.63) is 11.7 Å². The Morgan fingerprint density at radius 2 is 2.12 bits per heavy atom. The molecule has 0 aliphatic rings. The number of carbonyl (C=O) groups is 1. The van der Waals surface area contributed by atoms with Crippen molar-refractivity contribution in [2.75, 3.05) is 6.61 Å². The van der Waals surface area contributed by atoms with Gasteiger partial charge in [0.2, 0.25) is 5.89 Å². The largest absolute Gasteiger partial charge is 0.465 e. The van der Waals surface area contributed by atoms with Crippen LogP contribution in [0.2, 0.25) is 0 Å². The maximum atomic E-state index is 11.4. The summed E-state index contributed by atoms with van der Waals surface area (Å²) in [7, 11) is 0. The Balaban J connectivity index is 2.66. The van der Waals surface area contributed by atoms with E-state index in [0.717, 1.165) is 6.42 Å². The van der Waals surface area contributed by atoms with Gasteiger partial charge in [0.1, 0.15) is 5.92 Å². The summed E-state index contributed by atoms with van der Waals surface area (Å²) in [5, 5.41) is 3.83. The van der Waals surface area contributed by atoms with Gasteiger partial charge in [-0.3, -0.25) is 4.79 Å². The first-order chi connectivity index (χ1) is 7.54. The fourth-order valence-electron chi connectivity index (χ4n) is 1.26. The lowest BCUT2D eigenvalue weighted by molar-refractivity contribution is -0.145. The van der Waals surface area contributed by atoms with E-state index in [2.05, 4.69) is 24.0 Å². The number of rotatable bonds is 5. The second-order valence-corrected chi connectivity index (χ2v) is 4.12. The SMILES string of the molecule is CCOC(=O)C(C)c1nc(CC(C)C)no1. The lowest BCUT2D eigenvalue weighted by Crippen LogP contribution is -2.13. The number of carbonyl (C=O) groups excluding carboxylic acids is 1. The normalized spacial score (nSPS) is 12.8. The highest BCUT2D eigenvalue weighted by molar-refractivity contribution is 5.76. The number of esters is 1. The van der Waals surface area contributed by atoms with E-state index in [9.17, 15) is 4.79 Å². The monoisotopic (exact) mass is 226 g/mol. The molecule has 5 nitrogen and oxygen atoms in total. The molecular formula is C11H18N2O3. The summed E-state index contributed by atoms with van der Waals surface area (Å²) >= 11 is 0. The van der Waals surface area contributed by atoms with Gasteiger partial charge in [0, 0.05) is 6.42 Å². The quantitative estimate of drug-likeness (QED) is 0.718. The van der Waals surface area contributed by atoms with Crippen molar-refractivity contribution in [1.82, 2.24) is 10.1 Å². The molecule has 0 aliphatic heterocycles. The molecule has 90 valence electrons. The zero-order valence-electron chi connectivity index (χ0n) is 10.2. The summed E-state index contributed by atoms with van der Waals surface area (Å²) in [4.78, 5) is 15.6. The molecular weight excluding hydrogens is 208 g/mol. The van der Waals surface area contributed by atoms with E-state index < -0.39 is 5.92 Å². The highest BCUT2D eigenvalue weighted by Crippen LogP contribution is 2.15. The summed E-state index contributed by atoms with van der Waals surface area (Å²) < 4.78 is 9.91. The number of ether oxygens (including phenoxy) is 1. The number of aromatic nitrogens is 2. The zero-order valence-corrected chi connectivity index (χ0v) is 10.2. The Labute approximate surface area is 95.2 Å². The van der Waals surface area contributed by atoms with E-state index in [1.165, 1.54) is 0 Å². The van der Waals surface area contributed by atoms with Crippen LogP contribution in [0.15, 0.2) is 4.52 Å². The average Bonchev–Trinajstić information content (AvgIpc) is 2.64. The van der Waals surface area contributed by atoms with Crippen molar-refractivity contribution in [3.63, 3.8) is 0 Å². The summed E-state index contributed by atoms with van der Waals surface area (Å²) in [5.41, 5.74) is 0. The Kier molecular flexibility index (Phi) is 4.46. The first kappa shape index (κ1) is 12.7. The molecule has 0 amide bonds. The molecule has 0 fully saturated rings. The van der Waals surface area contributed by atoms with Crippen molar-refractivity contribution >= 4 is 5.97 Å². The first-order valence-electron chi connectivity index (χ1n) is 5.53. The van der Waals surface area contributed by atoms with Crippen LogP contribution in [-0.2, 0) is 16.0 Å². The van der Waals surface area contributed by atoms with Gasteiger partial charge in [-0.15, -0.1) is 0 Å². The number of hydrogen-bond donors (Lipinski definition) is 0. The van der Waals surface area contributed by atoms with Gasteiger partial charge in [-0.2, -0.15) is 4.98 Å². The maximum absolute atomic E-state index is 11.4. The van der Waals surface area contributed by atoms with Crippen molar-refractivity contribution < 1.29 is 14.1 Å². The minimum Gasteiger partial charge on any atom is -0.465 e. The third-order valence-corrected chi connectivity index (χ3v) is 2.09. The van der Waals surface area contributed by atoms with Crippen molar-refractivity contribution in [3.8, 4) is 0 Å². The van der Waals surface area contributed by atoms with Gasteiger partial charge in [0.05, 0.1) is 6.61 Å². The highest BCUT2D eigenvalue weighted by atomic mass is 16.5. The van der Waals surface area contributed by atoms with Crippen LogP contribution in [-0.4, -0.2) is 22.7 Å². The zero-order chi connectivity index (χ0) is 12.1. The molecule has 5 heteroatoms. The molecule has 0 spiro atoms. The molecule has 0 saturated carbocycles. The van der Waals surface area contributed by atoms with Gasteiger partial charge in [-0.1, -0.05) is 19.0 Å². The lowest BCUT2D eigenvalue weighted by atomic mass is 10.1. The average molecular weight is 226 g/mol. The fraction of sp³-hybridized carbons (Fsp3) is 0.727. The molecule has 1 aromatic heterocycles. The van der Waals surface area contributed by atoms with E-state index >= 15 is 0 Å². The van der Waals surface area contributed by atoms with Gasteiger partial charge in [0.25, 0.3) is 0 Å². The number of nitrogens with zero attached hydrogens (tertiary/aromatic N) is 2. The molecule has 1 aromatic rings. The van der Waals surface area contributed by atoms with Crippen molar-refractivity contribution in [2.45, 2.75) is 40.0 Å². The topological polar surface area (TPSA) is 65.2 Å². The summed E-state index contributed by atoms with van der Waals surface area (Å²) in [6.45, 7) is 7.97. The third-order valence-electron chi connectivity index (χ3n) is 2.09. The van der Waals surface area contributed by atoms with E-state index in [0.29, 0.717) is 24.2 Å². The highest BCUT2D eigenvalue weighted by Gasteiger charge is 2.23. The standard InChI is InChI=1S/C11H18N2O3/c1-5-15-11(14)8(4)10-12-9(13-16-10)6-7(2)3/h7-8H,5-6H2,1-4H3. The lowest BCUT2D eigenvalue weighted by Gasteiger charge is -2.04. The molecule has 0 bridgehead atoms. The minimum atomic E-state index is -0.492. The molecule has 1 rings (SSSR count). The van der Waals surface area contributed by atoms with Crippen LogP contribution in [0.5, 0.6) is 0 Å². The summed E-state index contributed by atoms with van der Waals surface area (Å²) in [5.74, 6) is 0.606. The van der Waals surface area contributed by atoms with Gasteiger partial charge in [-0.25, -0.2) is 0 Å². The Bertz CT molecular complexity index is 347. The Hall–Kier alpha value is -1.39. The molecule has 0 saturated heterocycles. The minimum absolute atomic E-state index is 0.328. The smallest absolute Gasteiger partial charge is 0.318 e. The molecule has 1 heterocycles. The van der Waals surface area contributed by atoms with E-state index in [-0.39, 0.29) is 5.97 Å². The summed E-state index contributed by atoms with van der Waals surface area (Å²) in [6, 6.07) is 0. The molecule has 0 aromatic carbocycles. The molecule has 1 atom stereocenters. The maximum Gasteiger partial charge on any atom is 0.318 e. The second kappa shape index (κ2) is 5.63. The second-order valence-electron chi connectivity index (χ2n) is 4.12.